The van der Waals surface area contributed by atoms with E-state index in [0.29, 0.717) is 0 Å². The highest BCUT2D eigenvalue weighted by atomic mass is 14.5. The van der Waals surface area contributed by atoms with E-state index in [0.717, 1.165) is 11.3 Å². The lowest BCUT2D eigenvalue weighted by molar-refractivity contribution is 0.207. The predicted octanol–water partition coefficient (Wildman–Crippen LogP) is 3.61. The molecule has 0 aromatic rings. The van der Waals surface area contributed by atoms with Gasteiger partial charge in [0, 0.05) is 0 Å². The first-order valence-corrected chi connectivity index (χ1v) is 4.79. The van der Waals surface area contributed by atoms with Crippen molar-refractivity contribution in [2.75, 3.05) is 0 Å². The Labute approximate surface area is 65.0 Å². The van der Waals surface area contributed by atoms with E-state index in [9.17, 15) is 0 Å². The van der Waals surface area contributed by atoms with Gasteiger partial charge in [0.15, 0.2) is 0 Å². The van der Waals surface area contributed by atoms with Gasteiger partial charge in [0.1, 0.15) is 0 Å². The molecule has 0 heteroatoms. The van der Waals surface area contributed by atoms with Crippen LogP contribution in [0.1, 0.15) is 52.9 Å². The average molecular weight is 140 g/mol. The third kappa shape index (κ3) is 1.21. The Bertz CT molecular complexity index is 88.3. The van der Waals surface area contributed by atoms with Gasteiger partial charge in [-0.2, -0.15) is 0 Å². The van der Waals surface area contributed by atoms with Gasteiger partial charge in [0.2, 0.25) is 0 Å². The van der Waals surface area contributed by atoms with Crippen LogP contribution in [-0.4, -0.2) is 0 Å². The maximum absolute atomic E-state index is 2.35. The standard InChI is InChI=1S/C10H20/c1-4-10(5-2,6-3)9-7-8-9/h9H,4-8H2,1-3H3. The molecule has 0 aromatic carbocycles. The molecule has 1 saturated carbocycles. The van der Waals surface area contributed by atoms with Crippen LogP contribution < -0.4 is 0 Å². The lowest BCUT2D eigenvalue weighted by Crippen LogP contribution is -2.19. The maximum atomic E-state index is 2.35. The van der Waals surface area contributed by atoms with Crippen molar-refractivity contribution < 1.29 is 0 Å². The molecule has 0 aromatic heterocycles. The van der Waals surface area contributed by atoms with Crippen LogP contribution in [0.4, 0.5) is 0 Å². The van der Waals surface area contributed by atoms with E-state index >= 15 is 0 Å². The summed E-state index contributed by atoms with van der Waals surface area (Å²) in [6.45, 7) is 7.06. The van der Waals surface area contributed by atoms with Crippen molar-refractivity contribution in [2.24, 2.45) is 11.3 Å². The average Bonchev–Trinajstić information content (AvgIpc) is 2.77. The van der Waals surface area contributed by atoms with Crippen molar-refractivity contribution in [3.63, 3.8) is 0 Å². The zero-order chi connectivity index (χ0) is 7.61. The van der Waals surface area contributed by atoms with E-state index in [-0.39, 0.29) is 0 Å². The van der Waals surface area contributed by atoms with E-state index in [4.69, 9.17) is 0 Å². The second-order valence-corrected chi connectivity index (χ2v) is 3.70. The predicted molar refractivity (Wildman–Crippen MR) is 46.0 cm³/mol. The Hall–Kier alpha value is 0. The Morgan fingerprint density at radius 1 is 1.00 bits per heavy atom. The Kier molecular flexibility index (Phi) is 2.38. The molecular weight excluding hydrogens is 120 g/mol. The summed E-state index contributed by atoms with van der Waals surface area (Å²) < 4.78 is 0. The Balaban J connectivity index is 2.52. The fourth-order valence-electron chi connectivity index (χ4n) is 2.31. The lowest BCUT2D eigenvalue weighted by Gasteiger charge is -2.30. The topological polar surface area (TPSA) is 0 Å². The van der Waals surface area contributed by atoms with E-state index < -0.39 is 0 Å². The summed E-state index contributed by atoms with van der Waals surface area (Å²) in [5, 5.41) is 0. The minimum Gasteiger partial charge on any atom is -0.0648 e. The molecular formula is C10H20. The van der Waals surface area contributed by atoms with Crippen LogP contribution in [-0.2, 0) is 0 Å². The summed E-state index contributed by atoms with van der Waals surface area (Å²) in [6.07, 6.45) is 7.20. The van der Waals surface area contributed by atoms with Crippen LogP contribution in [0.15, 0.2) is 0 Å². The summed E-state index contributed by atoms with van der Waals surface area (Å²) in [7, 11) is 0. The van der Waals surface area contributed by atoms with Crippen molar-refractivity contribution >= 4 is 0 Å². The molecule has 0 heterocycles. The summed E-state index contributed by atoms with van der Waals surface area (Å²) in [6, 6.07) is 0. The van der Waals surface area contributed by atoms with Gasteiger partial charge in [-0.3, -0.25) is 0 Å². The number of rotatable bonds is 4. The monoisotopic (exact) mass is 140 g/mol. The van der Waals surface area contributed by atoms with Gasteiger partial charge in [-0.25, -0.2) is 0 Å². The van der Waals surface area contributed by atoms with Crippen molar-refractivity contribution in [1.82, 2.24) is 0 Å². The Morgan fingerprint density at radius 2 is 1.40 bits per heavy atom. The molecule has 1 aliphatic carbocycles. The normalized spacial score (nSPS) is 19.5. The first-order valence-electron chi connectivity index (χ1n) is 4.79. The van der Waals surface area contributed by atoms with Crippen molar-refractivity contribution in [3.05, 3.63) is 0 Å². The van der Waals surface area contributed by atoms with Crippen LogP contribution in [0.5, 0.6) is 0 Å². The molecule has 10 heavy (non-hydrogen) atoms. The van der Waals surface area contributed by atoms with Crippen LogP contribution in [0.25, 0.3) is 0 Å². The molecule has 0 aliphatic heterocycles. The Morgan fingerprint density at radius 3 is 1.50 bits per heavy atom. The van der Waals surface area contributed by atoms with Crippen LogP contribution in [0.2, 0.25) is 0 Å². The molecule has 1 rings (SSSR count). The third-order valence-electron chi connectivity index (χ3n) is 3.56. The van der Waals surface area contributed by atoms with E-state index in [2.05, 4.69) is 20.8 Å². The highest BCUT2D eigenvalue weighted by Crippen LogP contribution is 2.51. The highest BCUT2D eigenvalue weighted by Gasteiger charge is 2.40. The van der Waals surface area contributed by atoms with Crippen LogP contribution in [0, 0.1) is 11.3 Å². The van der Waals surface area contributed by atoms with Gasteiger partial charge in [-0.1, -0.05) is 40.0 Å². The molecule has 0 bridgehead atoms. The van der Waals surface area contributed by atoms with E-state index in [1.54, 1.807) is 0 Å². The van der Waals surface area contributed by atoms with Gasteiger partial charge in [-0.05, 0) is 24.2 Å². The molecule has 1 aliphatic rings. The summed E-state index contributed by atoms with van der Waals surface area (Å²) in [5.74, 6) is 1.09. The molecule has 60 valence electrons. The maximum Gasteiger partial charge on any atom is -0.0277 e. The number of hydrogen-bond acceptors (Lipinski definition) is 0. The van der Waals surface area contributed by atoms with E-state index in [1.165, 1.54) is 32.1 Å². The van der Waals surface area contributed by atoms with Gasteiger partial charge in [-0.15, -0.1) is 0 Å². The molecule has 0 spiro atoms. The number of hydrogen-bond donors (Lipinski definition) is 0. The SMILES string of the molecule is CCC(CC)(CC)C1CC1. The minimum atomic E-state index is 0.736. The minimum absolute atomic E-state index is 0.736. The summed E-state index contributed by atoms with van der Waals surface area (Å²) in [4.78, 5) is 0. The fraction of sp³-hybridized carbons (Fsp3) is 1.00. The van der Waals surface area contributed by atoms with E-state index in [1.807, 2.05) is 0 Å². The van der Waals surface area contributed by atoms with Gasteiger partial charge >= 0.3 is 0 Å². The molecule has 0 N–H and O–H groups in total. The van der Waals surface area contributed by atoms with Crippen LogP contribution in [0.3, 0.4) is 0 Å². The van der Waals surface area contributed by atoms with Crippen LogP contribution >= 0.6 is 0 Å². The molecule has 0 radical (unpaired) electrons. The molecule has 0 unspecified atom stereocenters. The van der Waals surface area contributed by atoms with Crippen molar-refractivity contribution in [2.45, 2.75) is 52.9 Å². The van der Waals surface area contributed by atoms with Gasteiger partial charge in [0.05, 0.1) is 0 Å². The van der Waals surface area contributed by atoms with Crippen molar-refractivity contribution in [3.8, 4) is 0 Å². The van der Waals surface area contributed by atoms with Crippen molar-refractivity contribution in [1.29, 1.82) is 0 Å². The lowest BCUT2D eigenvalue weighted by atomic mass is 9.75. The zero-order valence-corrected chi connectivity index (χ0v) is 7.61. The quantitative estimate of drug-likeness (QED) is 0.559. The molecule has 0 atom stereocenters. The molecule has 0 nitrogen and oxygen atoms in total. The zero-order valence-electron chi connectivity index (χ0n) is 7.61. The third-order valence-corrected chi connectivity index (χ3v) is 3.56. The smallest absolute Gasteiger partial charge is 0.0277 e. The van der Waals surface area contributed by atoms with Gasteiger partial charge in [0.25, 0.3) is 0 Å². The summed E-state index contributed by atoms with van der Waals surface area (Å²) >= 11 is 0. The second kappa shape index (κ2) is 2.94. The molecule has 0 saturated heterocycles. The molecule has 0 amide bonds. The first kappa shape index (κ1) is 8.10. The fourth-order valence-corrected chi connectivity index (χ4v) is 2.31. The highest BCUT2D eigenvalue weighted by molar-refractivity contribution is 4.91. The summed E-state index contributed by atoms with van der Waals surface area (Å²) in [5.41, 5.74) is 0.736. The molecule has 1 fully saturated rings. The first-order chi connectivity index (χ1) is 4.79. The second-order valence-electron chi connectivity index (χ2n) is 3.70. The van der Waals surface area contributed by atoms with Gasteiger partial charge < -0.3 is 0 Å². The largest absolute Gasteiger partial charge is 0.0648 e.